The van der Waals surface area contributed by atoms with E-state index in [1.54, 1.807) is 6.07 Å². The number of carbonyl (C=O) groups excluding carboxylic acids is 1. The second-order valence-corrected chi connectivity index (χ2v) is 8.44. The van der Waals surface area contributed by atoms with Crippen LogP contribution in [0, 0.1) is 0 Å². The Kier molecular flexibility index (Phi) is 5.49. The molecule has 0 saturated carbocycles. The zero-order chi connectivity index (χ0) is 22.2. The molecule has 0 saturated heterocycles. The van der Waals surface area contributed by atoms with Gasteiger partial charge < -0.3 is 5.73 Å². The van der Waals surface area contributed by atoms with Crippen molar-refractivity contribution in [3.63, 3.8) is 0 Å². The molecule has 0 atom stereocenters. The van der Waals surface area contributed by atoms with Gasteiger partial charge in [-0.25, -0.2) is 22.9 Å². The molecule has 11 heteroatoms. The number of nitrogen functional groups attached to an aromatic ring is 1. The highest BCUT2D eigenvalue weighted by atomic mass is 32.2. The van der Waals surface area contributed by atoms with Gasteiger partial charge in [0.2, 0.25) is 0 Å². The largest absolute Gasteiger partial charge is 0.383 e. The molecule has 0 spiro atoms. The lowest BCUT2D eigenvalue weighted by atomic mass is 10.00. The van der Waals surface area contributed by atoms with E-state index in [2.05, 4.69) is 4.98 Å². The third kappa shape index (κ3) is 3.47. The number of hydrogen-bond donors (Lipinski definition) is 2. The summed E-state index contributed by atoms with van der Waals surface area (Å²) in [5.74, 6) is -1.26. The highest BCUT2D eigenvalue weighted by Gasteiger charge is 2.27. The molecule has 0 fully saturated rings. The smallest absolute Gasteiger partial charge is 0.332 e. The molecule has 0 aliphatic carbocycles. The van der Waals surface area contributed by atoms with Gasteiger partial charge in [0, 0.05) is 14.1 Å². The number of pyridine rings is 1. The number of benzene rings is 1. The van der Waals surface area contributed by atoms with Gasteiger partial charge in [0.25, 0.3) is 21.5 Å². The van der Waals surface area contributed by atoms with Crippen LogP contribution in [0.25, 0.3) is 11.0 Å². The summed E-state index contributed by atoms with van der Waals surface area (Å²) < 4.78 is 29.2. The van der Waals surface area contributed by atoms with Crippen LogP contribution in [0.1, 0.15) is 29.3 Å². The number of aromatic nitrogens is 3. The molecular weight excluding hydrogens is 410 g/mol. The maximum Gasteiger partial charge on any atom is 0.332 e. The van der Waals surface area contributed by atoms with E-state index in [1.807, 2.05) is 11.6 Å². The van der Waals surface area contributed by atoms with E-state index in [4.69, 9.17) is 5.73 Å². The average Bonchev–Trinajstić information content (AvgIpc) is 2.70. The lowest BCUT2D eigenvalue weighted by Gasteiger charge is -2.16. The van der Waals surface area contributed by atoms with Crippen LogP contribution in [-0.4, -0.2) is 28.4 Å². The Hall–Kier alpha value is -3.47. The molecule has 2 aromatic heterocycles. The maximum absolute atomic E-state index is 13.0. The molecule has 3 rings (SSSR count). The number of fused-ring (bicyclic) bond motifs is 1. The summed E-state index contributed by atoms with van der Waals surface area (Å²) in [6.45, 7) is 1.83. The molecular formula is C19H21N5O5S. The first kappa shape index (κ1) is 21.2. The number of amides is 1. The Morgan fingerprint density at radius 3 is 2.37 bits per heavy atom. The van der Waals surface area contributed by atoms with Gasteiger partial charge >= 0.3 is 5.69 Å². The van der Waals surface area contributed by atoms with Crippen LogP contribution in [0.3, 0.4) is 0 Å². The van der Waals surface area contributed by atoms with Gasteiger partial charge in [-0.05, 0) is 24.1 Å². The number of hydrogen-bond acceptors (Lipinski definition) is 7. The Bertz CT molecular complexity index is 1370. The van der Waals surface area contributed by atoms with Crippen LogP contribution in [0.2, 0.25) is 0 Å². The standard InChI is InChI=1S/C19H21N5O5S/c1-4-8-12-13(17(25)22-30(28,29)11-9-6-5-7-10-11)15(20)21-16-14(12)18(26)24(3)19(27)23(16)2/h5-7,9-10H,4,8H2,1-3H3,(H2,20,21)(H,22,25). The maximum atomic E-state index is 13.0. The van der Waals surface area contributed by atoms with Crippen LogP contribution in [0.5, 0.6) is 0 Å². The summed E-state index contributed by atoms with van der Waals surface area (Å²) in [7, 11) is -1.41. The lowest BCUT2D eigenvalue weighted by molar-refractivity contribution is 0.0981. The van der Waals surface area contributed by atoms with Gasteiger partial charge in [0.1, 0.15) is 5.82 Å². The number of nitrogens with zero attached hydrogens (tertiary/aromatic N) is 3. The van der Waals surface area contributed by atoms with Crippen LogP contribution in [-0.2, 0) is 30.5 Å². The van der Waals surface area contributed by atoms with Crippen molar-refractivity contribution in [3.05, 3.63) is 62.3 Å². The first-order valence-electron chi connectivity index (χ1n) is 9.10. The number of carbonyl (C=O) groups is 1. The predicted octanol–water partition coefficient (Wildman–Crippen LogP) is 0.286. The fraction of sp³-hybridized carbons (Fsp3) is 0.263. The molecule has 2 heterocycles. The first-order valence-corrected chi connectivity index (χ1v) is 10.6. The molecule has 30 heavy (non-hydrogen) atoms. The van der Waals surface area contributed by atoms with Gasteiger partial charge in [-0.1, -0.05) is 31.5 Å². The van der Waals surface area contributed by atoms with Crippen molar-refractivity contribution in [1.29, 1.82) is 0 Å². The van der Waals surface area contributed by atoms with Gasteiger partial charge in [-0.3, -0.25) is 18.7 Å². The number of nitrogens with two attached hydrogens (primary N) is 1. The highest BCUT2D eigenvalue weighted by Crippen LogP contribution is 2.24. The summed E-state index contributed by atoms with van der Waals surface area (Å²) in [6, 6.07) is 7.38. The zero-order valence-electron chi connectivity index (χ0n) is 16.7. The van der Waals surface area contributed by atoms with Crippen LogP contribution >= 0.6 is 0 Å². The highest BCUT2D eigenvalue weighted by molar-refractivity contribution is 7.90. The molecule has 0 radical (unpaired) electrons. The summed E-state index contributed by atoms with van der Waals surface area (Å²) in [4.78, 5) is 42.0. The van der Waals surface area contributed by atoms with Crippen molar-refractivity contribution in [3.8, 4) is 0 Å². The molecule has 0 aliphatic heterocycles. The quantitative estimate of drug-likeness (QED) is 0.590. The van der Waals surface area contributed by atoms with Crippen LogP contribution < -0.4 is 21.7 Å². The van der Waals surface area contributed by atoms with Crippen molar-refractivity contribution >= 4 is 32.8 Å². The molecule has 1 aromatic carbocycles. The second-order valence-electron chi connectivity index (χ2n) is 6.75. The first-order chi connectivity index (χ1) is 14.1. The van der Waals surface area contributed by atoms with Crippen molar-refractivity contribution in [2.75, 3.05) is 5.73 Å². The molecule has 10 nitrogen and oxygen atoms in total. The summed E-state index contributed by atoms with van der Waals surface area (Å²) in [6.07, 6.45) is 0.793. The van der Waals surface area contributed by atoms with E-state index in [9.17, 15) is 22.8 Å². The molecule has 3 N–H and O–H groups in total. The number of aryl methyl sites for hydroxylation is 2. The molecule has 0 bridgehead atoms. The summed E-state index contributed by atoms with van der Waals surface area (Å²) in [5, 5.41) is 0.0536. The van der Waals surface area contributed by atoms with Gasteiger partial charge in [-0.2, -0.15) is 0 Å². The van der Waals surface area contributed by atoms with Crippen molar-refractivity contribution < 1.29 is 13.2 Å². The van der Waals surface area contributed by atoms with E-state index in [1.165, 1.54) is 38.4 Å². The zero-order valence-corrected chi connectivity index (χ0v) is 17.5. The van der Waals surface area contributed by atoms with Crippen molar-refractivity contribution in [2.45, 2.75) is 24.7 Å². The number of nitrogens with one attached hydrogen (secondary N) is 1. The van der Waals surface area contributed by atoms with E-state index in [0.717, 1.165) is 9.13 Å². The van der Waals surface area contributed by atoms with E-state index >= 15 is 0 Å². The predicted molar refractivity (Wildman–Crippen MR) is 112 cm³/mol. The number of anilines is 1. The minimum absolute atomic E-state index is 0.0338. The molecule has 158 valence electrons. The van der Waals surface area contributed by atoms with E-state index in [-0.39, 0.29) is 39.3 Å². The summed E-state index contributed by atoms with van der Waals surface area (Å²) in [5.41, 5.74) is 4.85. The van der Waals surface area contributed by atoms with Crippen molar-refractivity contribution in [2.24, 2.45) is 14.1 Å². The van der Waals surface area contributed by atoms with E-state index < -0.39 is 27.2 Å². The van der Waals surface area contributed by atoms with Crippen molar-refractivity contribution in [1.82, 2.24) is 18.8 Å². The van der Waals surface area contributed by atoms with Gasteiger partial charge in [0.15, 0.2) is 5.65 Å². The number of rotatable bonds is 5. The summed E-state index contributed by atoms with van der Waals surface area (Å²) >= 11 is 0. The number of sulfonamides is 1. The third-order valence-corrected chi connectivity index (χ3v) is 6.07. The minimum Gasteiger partial charge on any atom is -0.383 e. The Balaban J connectivity index is 2.27. The Morgan fingerprint density at radius 2 is 1.77 bits per heavy atom. The Morgan fingerprint density at radius 1 is 1.13 bits per heavy atom. The van der Waals surface area contributed by atoms with Gasteiger partial charge in [0.05, 0.1) is 15.8 Å². The molecule has 3 aromatic rings. The minimum atomic E-state index is -4.16. The lowest BCUT2D eigenvalue weighted by Crippen LogP contribution is -2.39. The average molecular weight is 431 g/mol. The topological polar surface area (TPSA) is 146 Å². The second kappa shape index (κ2) is 7.75. The van der Waals surface area contributed by atoms with Crippen LogP contribution in [0.15, 0.2) is 44.8 Å². The molecule has 0 unspecified atom stereocenters. The fourth-order valence-corrected chi connectivity index (χ4v) is 4.24. The molecule has 1 amide bonds. The van der Waals surface area contributed by atoms with E-state index in [0.29, 0.717) is 6.42 Å². The SMILES string of the molecule is CCCc1c(C(=O)NS(=O)(=O)c2ccccc2)c(N)nc2c1c(=O)n(C)c(=O)n2C. The van der Waals surface area contributed by atoms with Gasteiger partial charge in [-0.15, -0.1) is 0 Å². The normalized spacial score (nSPS) is 11.6. The third-order valence-electron chi connectivity index (χ3n) is 4.73. The van der Waals surface area contributed by atoms with Crippen LogP contribution in [0.4, 0.5) is 5.82 Å². The monoisotopic (exact) mass is 431 g/mol. The molecule has 0 aliphatic rings. The fourth-order valence-electron chi connectivity index (χ4n) is 3.26. The Labute approximate surface area is 172 Å².